The second kappa shape index (κ2) is 8.87. The summed E-state index contributed by atoms with van der Waals surface area (Å²) >= 11 is 1.50. The summed E-state index contributed by atoms with van der Waals surface area (Å²) in [5.41, 5.74) is 3.08. The van der Waals surface area contributed by atoms with Crippen molar-refractivity contribution in [2.24, 2.45) is 0 Å². The van der Waals surface area contributed by atoms with Crippen molar-refractivity contribution in [3.63, 3.8) is 0 Å². The van der Waals surface area contributed by atoms with Crippen molar-refractivity contribution in [1.82, 2.24) is 19.9 Å². The van der Waals surface area contributed by atoms with Gasteiger partial charge in [0.2, 0.25) is 0 Å². The van der Waals surface area contributed by atoms with Gasteiger partial charge in [0.1, 0.15) is 16.6 Å². The van der Waals surface area contributed by atoms with Crippen molar-refractivity contribution >= 4 is 39.9 Å². The molecule has 1 saturated heterocycles. The smallest absolute Gasteiger partial charge is 0.326 e. The normalized spacial score (nSPS) is 14.6. The van der Waals surface area contributed by atoms with Crippen LogP contribution in [0.25, 0.3) is 21.5 Å². The van der Waals surface area contributed by atoms with E-state index in [4.69, 9.17) is 0 Å². The number of amides is 2. The van der Waals surface area contributed by atoms with E-state index in [-0.39, 0.29) is 6.03 Å². The predicted molar refractivity (Wildman–Crippen MR) is 125 cm³/mol. The first-order chi connectivity index (χ1) is 15.2. The number of benzene rings is 1. The maximum atomic E-state index is 12.5. The average Bonchev–Trinajstić information content (AvgIpc) is 3.43. The first-order valence-electron chi connectivity index (χ1n) is 10.5. The minimum atomic E-state index is -0.347. The SMILES string of the molecule is O=C(Nc1cccc(CN2CCCCC2)n1)Nc1csc(-c2ccc3[nH]ccc3c2)n1. The number of fused-ring (bicyclic) bond motifs is 1. The third-order valence-corrected chi connectivity index (χ3v) is 6.32. The summed E-state index contributed by atoms with van der Waals surface area (Å²) in [5, 5.41) is 9.46. The third-order valence-electron chi connectivity index (χ3n) is 5.43. The molecule has 1 aliphatic rings. The second-order valence-corrected chi connectivity index (χ2v) is 8.61. The standard InChI is InChI=1S/C23H24N6OS/c30-23(27-20-6-4-5-18(25-20)14-29-11-2-1-3-12-29)28-21-15-31-22(26-21)17-7-8-19-16(13-17)9-10-24-19/h4-10,13,15,24H,1-3,11-12,14H2,(H2,25,27,28,30). The van der Waals surface area contributed by atoms with E-state index >= 15 is 0 Å². The molecule has 0 bridgehead atoms. The van der Waals surface area contributed by atoms with E-state index in [2.05, 4.69) is 36.6 Å². The second-order valence-electron chi connectivity index (χ2n) is 7.75. The van der Waals surface area contributed by atoms with Crippen LogP contribution in [0.3, 0.4) is 0 Å². The van der Waals surface area contributed by atoms with Gasteiger partial charge in [0, 0.05) is 34.6 Å². The molecule has 3 N–H and O–H groups in total. The van der Waals surface area contributed by atoms with Gasteiger partial charge in [0.15, 0.2) is 0 Å². The quantitative estimate of drug-likeness (QED) is 0.399. The molecule has 7 nitrogen and oxygen atoms in total. The highest BCUT2D eigenvalue weighted by Gasteiger charge is 2.13. The number of likely N-dealkylation sites (tertiary alicyclic amines) is 1. The van der Waals surface area contributed by atoms with Crippen LogP contribution in [0.1, 0.15) is 25.0 Å². The molecule has 4 heterocycles. The van der Waals surface area contributed by atoms with E-state index in [9.17, 15) is 4.79 Å². The van der Waals surface area contributed by atoms with Gasteiger partial charge >= 0.3 is 6.03 Å². The van der Waals surface area contributed by atoms with Gasteiger partial charge in [0.25, 0.3) is 0 Å². The van der Waals surface area contributed by atoms with Crippen LogP contribution in [-0.2, 0) is 6.54 Å². The number of hydrogen-bond donors (Lipinski definition) is 3. The zero-order valence-electron chi connectivity index (χ0n) is 17.1. The molecule has 4 aromatic rings. The van der Waals surface area contributed by atoms with Gasteiger partial charge in [-0.1, -0.05) is 12.5 Å². The Balaban J connectivity index is 1.21. The summed E-state index contributed by atoms with van der Waals surface area (Å²) in [6.07, 6.45) is 5.72. The van der Waals surface area contributed by atoms with Gasteiger partial charge in [-0.25, -0.2) is 14.8 Å². The Kier molecular flexibility index (Phi) is 5.64. The molecule has 31 heavy (non-hydrogen) atoms. The van der Waals surface area contributed by atoms with Crippen LogP contribution in [0.15, 0.2) is 54.0 Å². The van der Waals surface area contributed by atoms with E-state index < -0.39 is 0 Å². The number of pyridine rings is 1. The van der Waals surface area contributed by atoms with E-state index in [0.717, 1.165) is 46.8 Å². The monoisotopic (exact) mass is 432 g/mol. The van der Waals surface area contributed by atoms with Gasteiger partial charge in [-0.3, -0.25) is 15.5 Å². The molecule has 0 aliphatic carbocycles. The first-order valence-corrected chi connectivity index (χ1v) is 11.4. The van der Waals surface area contributed by atoms with Crippen LogP contribution in [-0.4, -0.2) is 39.0 Å². The van der Waals surface area contributed by atoms with Crippen LogP contribution in [0.5, 0.6) is 0 Å². The number of carbonyl (C=O) groups excluding carboxylic acids is 1. The minimum absolute atomic E-state index is 0.347. The van der Waals surface area contributed by atoms with Crippen molar-refractivity contribution in [1.29, 1.82) is 0 Å². The lowest BCUT2D eigenvalue weighted by Crippen LogP contribution is -2.29. The number of urea groups is 1. The highest BCUT2D eigenvalue weighted by Crippen LogP contribution is 2.28. The largest absolute Gasteiger partial charge is 0.361 e. The average molecular weight is 433 g/mol. The molecule has 5 rings (SSSR count). The van der Waals surface area contributed by atoms with Crippen LogP contribution < -0.4 is 10.6 Å². The van der Waals surface area contributed by atoms with E-state index in [0.29, 0.717) is 11.6 Å². The number of aromatic nitrogens is 3. The Labute approximate surface area is 184 Å². The lowest BCUT2D eigenvalue weighted by atomic mass is 10.1. The number of aromatic amines is 1. The Bertz CT molecular complexity index is 1190. The first kappa shape index (κ1) is 19.7. The molecule has 3 aromatic heterocycles. The van der Waals surface area contributed by atoms with Gasteiger partial charge in [0.05, 0.1) is 5.69 Å². The number of thiazole rings is 1. The topological polar surface area (TPSA) is 85.9 Å². The molecule has 0 radical (unpaired) electrons. The Morgan fingerprint density at radius 2 is 1.90 bits per heavy atom. The minimum Gasteiger partial charge on any atom is -0.361 e. The van der Waals surface area contributed by atoms with Gasteiger partial charge in [-0.05, 0) is 62.3 Å². The van der Waals surface area contributed by atoms with Crippen molar-refractivity contribution in [3.05, 3.63) is 59.7 Å². The zero-order chi connectivity index (χ0) is 21.0. The van der Waals surface area contributed by atoms with Gasteiger partial charge in [-0.15, -0.1) is 11.3 Å². The van der Waals surface area contributed by atoms with Crippen LogP contribution in [0, 0.1) is 0 Å². The van der Waals surface area contributed by atoms with E-state index in [1.807, 2.05) is 41.9 Å². The predicted octanol–water partition coefficient (Wildman–Crippen LogP) is 5.32. The zero-order valence-corrected chi connectivity index (χ0v) is 17.9. The fraction of sp³-hybridized carbons (Fsp3) is 0.261. The fourth-order valence-corrected chi connectivity index (χ4v) is 4.65. The molecule has 1 fully saturated rings. The molecule has 0 unspecified atom stereocenters. The van der Waals surface area contributed by atoms with E-state index in [1.54, 1.807) is 6.07 Å². The van der Waals surface area contributed by atoms with Crippen molar-refractivity contribution in [3.8, 4) is 10.6 Å². The molecular formula is C23H24N6OS. The maximum absolute atomic E-state index is 12.5. The highest BCUT2D eigenvalue weighted by atomic mass is 32.1. The summed E-state index contributed by atoms with van der Waals surface area (Å²) in [6, 6.07) is 13.6. The van der Waals surface area contributed by atoms with Crippen molar-refractivity contribution < 1.29 is 4.79 Å². The molecule has 1 aromatic carbocycles. The van der Waals surface area contributed by atoms with Crippen LogP contribution in [0.4, 0.5) is 16.4 Å². The lowest BCUT2D eigenvalue weighted by Gasteiger charge is -2.26. The summed E-state index contributed by atoms with van der Waals surface area (Å²) in [7, 11) is 0. The number of nitrogens with zero attached hydrogens (tertiary/aromatic N) is 3. The summed E-state index contributed by atoms with van der Waals surface area (Å²) in [5.74, 6) is 1.07. The van der Waals surface area contributed by atoms with Crippen LogP contribution in [0.2, 0.25) is 0 Å². The number of carbonyl (C=O) groups is 1. The van der Waals surface area contributed by atoms with Gasteiger partial charge < -0.3 is 4.98 Å². The number of nitrogens with one attached hydrogen (secondary N) is 3. The number of rotatable bonds is 5. The number of H-pyrrole nitrogens is 1. The van der Waals surface area contributed by atoms with E-state index in [1.165, 1.54) is 30.6 Å². The number of piperidine rings is 1. The molecule has 0 saturated carbocycles. The van der Waals surface area contributed by atoms with Crippen LogP contribution >= 0.6 is 11.3 Å². The summed E-state index contributed by atoms with van der Waals surface area (Å²) in [4.78, 5) is 27.2. The maximum Gasteiger partial charge on any atom is 0.326 e. The van der Waals surface area contributed by atoms with Crippen molar-refractivity contribution in [2.75, 3.05) is 23.7 Å². The lowest BCUT2D eigenvalue weighted by molar-refractivity contribution is 0.218. The number of hydrogen-bond acceptors (Lipinski definition) is 5. The Hall–Kier alpha value is -3.23. The molecular weight excluding hydrogens is 408 g/mol. The molecule has 2 amide bonds. The molecule has 0 atom stereocenters. The summed E-state index contributed by atoms with van der Waals surface area (Å²) < 4.78 is 0. The molecule has 8 heteroatoms. The van der Waals surface area contributed by atoms with Gasteiger partial charge in [-0.2, -0.15) is 0 Å². The molecule has 0 spiro atoms. The van der Waals surface area contributed by atoms with Crippen molar-refractivity contribution in [2.45, 2.75) is 25.8 Å². The highest BCUT2D eigenvalue weighted by molar-refractivity contribution is 7.13. The number of anilines is 2. The summed E-state index contributed by atoms with van der Waals surface area (Å²) in [6.45, 7) is 3.05. The fourth-order valence-electron chi connectivity index (χ4n) is 3.90. The third kappa shape index (κ3) is 4.76. The molecule has 158 valence electrons. The Morgan fingerprint density at radius 3 is 2.81 bits per heavy atom. The Morgan fingerprint density at radius 1 is 1.03 bits per heavy atom. The molecule has 1 aliphatic heterocycles.